The van der Waals surface area contributed by atoms with Crippen molar-refractivity contribution in [2.45, 2.75) is 51.5 Å². The SMILES string of the molecule is Cc1ccc(NC(=O)C2CCCN(S(=O)(=O)c3cc4c(cc3C)NC(=O)C(C)O4)C2)c(C)c1. The largest absolute Gasteiger partial charge is 0.479 e. The molecule has 9 heteroatoms. The van der Waals surface area contributed by atoms with Gasteiger partial charge in [-0.2, -0.15) is 4.31 Å². The van der Waals surface area contributed by atoms with Crippen molar-refractivity contribution in [3.8, 4) is 5.75 Å². The molecule has 0 aliphatic carbocycles. The highest BCUT2D eigenvalue weighted by Crippen LogP contribution is 2.36. The molecule has 2 aliphatic rings. The summed E-state index contributed by atoms with van der Waals surface area (Å²) < 4.78 is 34.0. The number of sulfonamides is 1. The first-order chi connectivity index (χ1) is 15.6. The highest BCUT2D eigenvalue weighted by molar-refractivity contribution is 7.89. The molecular weight excluding hydrogens is 442 g/mol. The molecule has 4 rings (SSSR count). The maximum atomic E-state index is 13.5. The molecule has 2 aromatic carbocycles. The molecule has 0 spiro atoms. The van der Waals surface area contributed by atoms with Crippen molar-refractivity contribution in [1.29, 1.82) is 0 Å². The molecule has 2 amide bonds. The quantitative estimate of drug-likeness (QED) is 0.711. The van der Waals surface area contributed by atoms with Gasteiger partial charge < -0.3 is 15.4 Å². The van der Waals surface area contributed by atoms with Crippen LogP contribution >= 0.6 is 0 Å². The number of anilines is 2. The summed E-state index contributed by atoms with van der Waals surface area (Å²) in [5, 5.41) is 5.70. The van der Waals surface area contributed by atoms with Crippen molar-refractivity contribution in [3.05, 3.63) is 47.0 Å². The lowest BCUT2D eigenvalue weighted by atomic mass is 9.98. The molecule has 1 fully saturated rings. The minimum atomic E-state index is -3.85. The molecule has 2 heterocycles. The molecule has 2 aliphatic heterocycles. The summed E-state index contributed by atoms with van der Waals surface area (Å²) in [7, 11) is -3.85. The van der Waals surface area contributed by atoms with E-state index >= 15 is 0 Å². The Morgan fingerprint density at radius 1 is 1.15 bits per heavy atom. The fraction of sp³-hybridized carbons (Fsp3) is 0.417. The number of fused-ring (bicyclic) bond motifs is 1. The van der Waals surface area contributed by atoms with Gasteiger partial charge in [0.25, 0.3) is 5.91 Å². The van der Waals surface area contributed by atoms with Gasteiger partial charge in [-0.15, -0.1) is 0 Å². The van der Waals surface area contributed by atoms with Crippen LogP contribution in [0.1, 0.15) is 36.5 Å². The number of nitrogens with zero attached hydrogens (tertiary/aromatic N) is 1. The van der Waals surface area contributed by atoms with E-state index in [4.69, 9.17) is 4.74 Å². The smallest absolute Gasteiger partial charge is 0.265 e. The van der Waals surface area contributed by atoms with Crippen LogP contribution in [0.3, 0.4) is 0 Å². The van der Waals surface area contributed by atoms with Crippen molar-refractivity contribution >= 4 is 33.2 Å². The molecule has 1 saturated heterocycles. The predicted molar refractivity (Wildman–Crippen MR) is 126 cm³/mol. The number of piperidine rings is 1. The van der Waals surface area contributed by atoms with E-state index < -0.39 is 22.0 Å². The summed E-state index contributed by atoms with van der Waals surface area (Å²) in [5.41, 5.74) is 3.78. The molecule has 2 N–H and O–H groups in total. The van der Waals surface area contributed by atoms with E-state index in [2.05, 4.69) is 10.6 Å². The number of amides is 2. The van der Waals surface area contributed by atoms with E-state index in [9.17, 15) is 18.0 Å². The third-order valence-corrected chi connectivity index (χ3v) is 8.23. The number of carbonyl (C=O) groups is 2. The first-order valence-electron chi connectivity index (χ1n) is 11.1. The maximum Gasteiger partial charge on any atom is 0.265 e. The van der Waals surface area contributed by atoms with E-state index in [1.807, 2.05) is 32.0 Å². The predicted octanol–water partition coefficient (Wildman–Crippen LogP) is 3.37. The lowest BCUT2D eigenvalue weighted by Crippen LogP contribution is -2.44. The Labute approximate surface area is 194 Å². The minimum absolute atomic E-state index is 0.115. The van der Waals surface area contributed by atoms with Crippen molar-refractivity contribution < 1.29 is 22.7 Å². The molecule has 0 bridgehead atoms. The van der Waals surface area contributed by atoms with Crippen LogP contribution in [0.25, 0.3) is 0 Å². The van der Waals surface area contributed by atoms with E-state index in [0.29, 0.717) is 36.4 Å². The summed E-state index contributed by atoms with van der Waals surface area (Å²) in [5.74, 6) is -0.565. The third-order valence-electron chi connectivity index (χ3n) is 6.22. The Balaban J connectivity index is 1.54. The van der Waals surface area contributed by atoms with E-state index in [-0.39, 0.29) is 23.3 Å². The Morgan fingerprint density at radius 3 is 2.64 bits per heavy atom. The van der Waals surface area contributed by atoms with Crippen LogP contribution in [0, 0.1) is 26.7 Å². The van der Waals surface area contributed by atoms with Crippen LogP contribution in [0.2, 0.25) is 0 Å². The molecule has 176 valence electrons. The van der Waals surface area contributed by atoms with Gasteiger partial charge in [-0.05, 0) is 63.8 Å². The van der Waals surface area contributed by atoms with Gasteiger partial charge in [0.1, 0.15) is 5.75 Å². The summed E-state index contributed by atoms with van der Waals surface area (Å²) in [6, 6.07) is 8.88. The number of aryl methyl sites for hydroxylation is 3. The van der Waals surface area contributed by atoms with Gasteiger partial charge >= 0.3 is 0 Å². The molecule has 0 aromatic heterocycles. The Hall–Kier alpha value is -2.91. The lowest BCUT2D eigenvalue weighted by Gasteiger charge is -2.32. The van der Waals surface area contributed by atoms with Crippen LogP contribution < -0.4 is 15.4 Å². The van der Waals surface area contributed by atoms with Crippen LogP contribution in [-0.2, 0) is 19.6 Å². The van der Waals surface area contributed by atoms with Gasteiger partial charge in [0.05, 0.1) is 16.5 Å². The highest BCUT2D eigenvalue weighted by Gasteiger charge is 2.35. The normalized spacial score (nSPS) is 21.0. The first-order valence-corrected chi connectivity index (χ1v) is 12.5. The van der Waals surface area contributed by atoms with Gasteiger partial charge in [-0.3, -0.25) is 9.59 Å². The van der Waals surface area contributed by atoms with E-state index in [1.165, 1.54) is 10.4 Å². The van der Waals surface area contributed by atoms with Crippen molar-refractivity contribution in [2.24, 2.45) is 5.92 Å². The molecule has 0 saturated carbocycles. The number of ether oxygens (including phenoxy) is 1. The number of nitrogens with one attached hydrogen (secondary N) is 2. The summed E-state index contributed by atoms with van der Waals surface area (Å²) in [6.07, 6.45) is 0.514. The number of hydrogen-bond donors (Lipinski definition) is 2. The van der Waals surface area contributed by atoms with Gasteiger partial charge in [-0.25, -0.2) is 8.42 Å². The van der Waals surface area contributed by atoms with Crippen LogP contribution in [0.15, 0.2) is 35.2 Å². The second kappa shape index (κ2) is 8.79. The first kappa shape index (κ1) is 23.3. The van der Waals surface area contributed by atoms with Crippen molar-refractivity contribution in [3.63, 3.8) is 0 Å². The summed E-state index contributed by atoms with van der Waals surface area (Å²) in [6.45, 7) is 7.68. The molecule has 33 heavy (non-hydrogen) atoms. The van der Waals surface area contributed by atoms with Gasteiger partial charge in [0.15, 0.2) is 6.10 Å². The Bertz CT molecular complexity index is 1220. The summed E-state index contributed by atoms with van der Waals surface area (Å²) in [4.78, 5) is 24.9. The maximum absolute atomic E-state index is 13.5. The average Bonchev–Trinajstić information content (AvgIpc) is 2.76. The van der Waals surface area contributed by atoms with Crippen molar-refractivity contribution in [2.75, 3.05) is 23.7 Å². The number of benzene rings is 2. The zero-order valence-corrected chi connectivity index (χ0v) is 20.1. The number of rotatable bonds is 4. The molecule has 8 nitrogen and oxygen atoms in total. The van der Waals surface area contributed by atoms with Crippen LogP contribution in [-0.4, -0.2) is 43.7 Å². The monoisotopic (exact) mass is 471 g/mol. The van der Waals surface area contributed by atoms with Crippen molar-refractivity contribution in [1.82, 2.24) is 4.31 Å². The lowest BCUT2D eigenvalue weighted by molar-refractivity contribution is -0.123. The standard InChI is InChI=1S/C24H29N3O5S/c1-14-7-8-19(15(2)10-14)25-24(29)18-6-5-9-27(13-18)33(30,31)22-12-21-20(11-16(22)3)26-23(28)17(4)32-21/h7-8,10-12,17-18H,5-6,9,13H2,1-4H3,(H,25,29)(H,26,28). The highest BCUT2D eigenvalue weighted by atomic mass is 32.2. The van der Waals surface area contributed by atoms with Crippen LogP contribution in [0.4, 0.5) is 11.4 Å². The topological polar surface area (TPSA) is 105 Å². The molecular formula is C24H29N3O5S. The molecule has 2 atom stereocenters. The third kappa shape index (κ3) is 4.60. The minimum Gasteiger partial charge on any atom is -0.479 e. The van der Waals surface area contributed by atoms with Gasteiger partial charge in [0.2, 0.25) is 15.9 Å². The number of hydrogen-bond acceptors (Lipinski definition) is 5. The van der Waals surface area contributed by atoms with Gasteiger partial charge in [0, 0.05) is 24.8 Å². The van der Waals surface area contributed by atoms with Crippen LogP contribution in [0.5, 0.6) is 5.75 Å². The molecule has 2 aromatic rings. The van der Waals surface area contributed by atoms with Gasteiger partial charge in [-0.1, -0.05) is 17.7 Å². The molecule has 2 unspecified atom stereocenters. The average molecular weight is 472 g/mol. The Morgan fingerprint density at radius 2 is 1.91 bits per heavy atom. The molecule has 0 radical (unpaired) electrons. The van der Waals surface area contributed by atoms with E-state index in [0.717, 1.165) is 16.8 Å². The van der Waals surface area contributed by atoms with E-state index in [1.54, 1.807) is 19.9 Å². The zero-order chi connectivity index (χ0) is 23.9. The fourth-order valence-electron chi connectivity index (χ4n) is 4.32. The second-order valence-corrected chi connectivity index (χ2v) is 10.8. The summed E-state index contributed by atoms with van der Waals surface area (Å²) >= 11 is 0. The zero-order valence-electron chi connectivity index (χ0n) is 19.3. The number of carbonyl (C=O) groups excluding carboxylic acids is 2. The fourth-order valence-corrected chi connectivity index (χ4v) is 6.07. The second-order valence-electron chi connectivity index (χ2n) is 8.87. The Kier molecular flexibility index (Phi) is 6.20.